The summed E-state index contributed by atoms with van der Waals surface area (Å²) >= 11 is 0. The maximum Gasteiger partial charge on any atom is 0.270 e. The average molecular weight is 367 g/mol. The normalized spacial score (nSPS) is 10.8. The molecule has 3 aromatic rings. The van der Waals surface area contributed by atoms with Crippen LogP contribution in [0.4, 0.5) is 5.69 Å². The Bertz CT molecular complexity index is 1000. The van der Waals surface area contributed by atoms with Crippen LogP contribution in [0.5, 0.6) is 5.75 Å². The molecule has 3 rings (SSSR count). The van der Waals surface area contributed by atoms with Crippen molar-refractivity contribution in [3.63, 3.8) is 0 Å². The van der Waals surface area contributed by atoms with Gasteiger partial charge >= 0.3 is 0 Å². The maximum atomic E-state index is 11.9. The van der Waals surface area contributed by atoms with Crippen LogP contribution in [0.2, 0.25) is 0 Å². The van der Waals surface area contributed by atoms with Crippen molar-refractivity contribution in [3.05, 3.63) is 64.2 Å². The first-order valence-electron chi connectivity index (χ1n) is 7.65. The smallest absolute Gasteiger partial charge is 0.270 e. The van der Waals surface area contributed by atoms with Gasteiger partial charge in [-0.2, -0.15) is 9.90 Å². The van der Waals surface area contributed by atoms with E-state index in [9.17, 15) is 20.0 Å². The van der Waals surface area contributed by atoms with E-state index in [1.807, 2.05) is 30.3 Å². The van der Waals surface area contributed by atoms with Gasteiger partial charge in [0.25, 0.3) is 11.6 Å². The number of amides is 1. The van der Waals surface area contributed by atoms with E-state index in [-0.39, 0.29) is 23.5 Å². The van der Waals surface area contributed by atoms with Gasteiger partial charge in [0.05, 0.1) is 11.1 Å². The first kappa shape index (κ1) is 17.7. The number of carbonyl (C=O) groups excluding carboxylic acids is 1. The minimum absolute atomic E-state index is 0.0924. The number of hydrazone groups is 1. The monoisotopic (exact) mass is 367 g/mol. The van der Waals surface area contributed by atoms with Crippen LogP contribution in [0.15, 0.2) is 53.6 Å². The minimum atomic E-state index is -0.601. The Labute approximate surface area is 152 Å². The van der Waals surface area contributed by atoms with E-state index < -0.39 is 10.8 Å². The average Bonchev–Trinajstić information content (AvgIpc) is 3.12. The van der Waals surface area contributed by atoms with Crippen molar-refractivity contribution in [2.24, 2.45) is 5.10 Å². The standard InChI is InChI=1S/C16H13N7O4/c24-14-7-6-13(23(26)27)8-12(14)9-17-18-15(25)10-22-20-16(19-21-22)11-4-2-1-3-5-11/h1-9,24H,10H2,(H,18,25)/b17-9+. The highest BCUT2D eigenvalue weighted by atomic mass is 16.6. The van der Waals surface area contributed by atoms with Gasteiger partial charge in [-0.25, -0.2) is 5.43 Å². The second-order valence-electron chi connectivity index (χ2n) is 5.30. The first-order chi connectivity index (χ1) is 13.0. The van der Waals surface area contributed by atoms with Crippen LogP contribution in [0.25, 0.3) is 11.4 Å². The van der Waals surface area contributed by atoms with E-state index >= 15 is 0 Å². The number of aromatic hydroxyl groups is 1. The number of rotatable bonds is 6. The van der Waals surface area contributed by atoms with Crippen molar-refractivity contribution in [1.29, 1.82) is 0 Å². The molecule has 0 fully saturated rings. The van der Waals surface area contributed by atoms with Crippen molar-refractivity contribution in [3.8, 4) is 17.1 Å². The fourth-order valence-corrected chi connectivity index (χ4v) is 2.11. The van der Waals surface area contributed by atoms with Gasteiger partial charge in [-0.15, -0.1) is 10.2 Å². The molecule has 0 aliphatic carbocycles. The highest BCUT2D eigenvalue weighted by Gasteiger charge is 2.10. The number of phenolic OH excluding ortho intramolecular Hbond substituents is 1. The summed E-state index contributed by atoms with van der Waals surface area (Å²) in [5.41, 5.74) is 2.88. The quantitative estimate of drug-likeness (QED) is 0.376. The Morgan fingerprint density at radius 1 is 1.30 bits per heavy atom. The van der Waals surface area contributed by atoms with Gasteiger partial charge in [-0.3, -0.25) is 14.9 Å². The third kappa shape index (κ3) is 4.48. The zero-order valence-electron chi connectivity index (χ0n) is 13.8. The molecule has 0 bridgehead atoms. The molecule has 11 heteroatoms. The number of nitro groups is 1. The third-order valence-electron chi connectivity index (χ3n) is 3.38. The number of non-ortho nitro benzene ring substituents is 1. The van der Waals surface area contributed by atoms with Crippen LogP contribution in [-0.4, -0.2) is 42.4 Å². The molecule has 1 amide bonds. The van der Waals surface area contributed by atoms with Crippen LogP contribution in [0, 0.1) is 10.1 Å². The Balaban J connectivity index is 1.60. The van der Waals surface area contributed by atoms with Gasteiger partial charge in [-0.1, -0.05) is 30.3 Å². The molecule has 2 N–H and O–H groups in total. The number of hydrogen-bond donors (Lipinski definition) is 2. The summed E-state index contributed by atoms with van der Waals surface area (Å²) in [6.07, 6.45) is 1.10. The van der Waals surface area contributed by atoms with Crippen molar-refractivity contribution in [2.45, 2.75) is 6.54 Å². The van der Waals surface area contributed by atoms with E-state index in [1.54, 1.807) is 0 Å². The summed E-state index contributed by atoms with van der Waals surface area (Å²) in [6.45, 7) is -0.224. The molecule has 0 aliphatic heterocycles. The summed E-state index contributed by atoms with van der Waals surface area (Å²) in [5.74, 6) is -0.356. The molecule has 0 spiro atoms. The van der Waals surface area contributed by atoms with Crippen molar-refractivity contribution < 1.29 is 14.8 Å². The molecular formula is C16H13N7O4. The Morgan fingerprint density at radius 3 is 2.81 bits per heavy atom. The molecule has 1 aromatic heterocycles. The second-order valence-corrected chi connectivity index (χ2v) is 5.30. The van der Waals surface area contributed by atoms with E-state index in [4.69, 9.17) is 0 Å². The maximum absolute atomic E-state index is 11.9. The Hall–Kier alpha value is -4.15. The van der Waals surface area contributed by atoms with Gasteiger partial charge in [0.1, 0.15) is 12.3 Å². The Kier molecular flexibility index (Phi) is 5.12. The minimum Gasteiger partial charge on any atom is -0.507 e. The van der Waals surface area contributed by atoms with E-state index in [0.717, 1.165) is 28.7 Å². The van der Waals surface area contributed by atoms with E-state index in [0.29, 0.717) is 5.82 Å². The molecule has 0 unspecified atom stereocenters. The molecule has 0 atom stereocenters. The van der Waals surface area contributed by atoms with Crippen molar-refractivity contribution in [2.75, 3.05) is 0 Å². The molecule has 2 aromatic carbocycles. The molecular weight excluding hydrogens is 354 g/mol. The molecule has 0 aliphatic rings. The van der Waals surface area contributed by atoms with Gasteiger partial charge in [0.15, 0.2) is 0 Å². The van der Waals surface area contributed by atoms with Crippen LogP contribution in [0.1, 0.15) is 5.56 Å². The topological polar surface area (TPSA) is 148 Å². The number of aromatic nitrogens is 4. The zero-order chi connectivity index (χ0) is 19.2. The molecule has 1 heterocycles. The summed E-state index contributed by atoms with van der Waals surface area (Å²) < 4.78 is 0. The number of carbonyl (C=O) groups is 1. The van der Waals surface area contributed by atoms with Crippen LogP contribution in [0.3, 0.4) is 0 Å². The predicted octanol–water partition coefficient (Wildman–Crippen LogP) is 1.10. The number of tetrazole rings is 1. The fraction of sp³-hybridized carbons (Fsp3) is 0.0625. The number of nitrogens with one attached hydrogen (secondary N) is 1. The van der Waals surface area contributed by atoms with E-state index in [2.05, 4.69) is 25.9 Å². The van der Waals surface area contributed by atoms with Gasteiger partial charge < -0.3 is 5.11 Å². The Morgan fingerprint density at radius 2 is 2.07 bits per heavy atom. The van der Waals surface area contributed by atoms with Crippen molar-refractivity contribution in [1.82, 2.24) is 25.6 Å². The lowest BCUT2D eigenvalue weighted by Gasteiger charge is -2.00. The molecule has 0 saturated heterocycles. The SMILES string of the molecule is O=C(Cn1nnc(-c2ccccc2)n1)N/N=C/c1cc([N+](=O)[O-])ccc1O. The summed E-state index contributed by atoms with van der Waals surface area (Å²) in [7, 11) is 0. The largest absolute Gasteiger partial charge is 0.507 e. The van der Waals surface area contributed by atoms with Crippen molar-refractivity contribution >= 4 is 17.8 Å². The molecule has 11 nitrogen and oxygen atoms in total. The number of hydrogen-bond acceptors (Lipinski definition) is 8. The van der Waals surface area contributed by atoms with Gasteiger partial charge in [0, 0.05) is 23.3 Å². The van der Waals surface area contributed by atoms with Crippen LogP contribution < -0.4 is 5.43 Å². The number of benzene rings is 2. The first-order valence-corrected chi connectivity index (χ1v) is 7.65. The molecule has 0 saturated carbocycles. The predicted molar refractivity (Wildman–Crippen MR) is 93.8 cm³/mol. The molecule has 0 radical (unpaired) electrons. The summed E-state index contributed by atoms with van der Waals surface area (Å²) in [6, 6.07) is 12.6. The third-order valence-corrected chi connectivity index (χ3v) is 3.38. The highest BCUT2D eigenvalue weighted by Crippen LogP contribution is 2.21. The summed E-state index contributed by atoms with van der Waals surface area (Å²) in [5, 5.41) is 35.8. The zero-order valence-corrected chi connectivity index (χ0v) is 13.8. The highest BCUT2D eigenvalue weighted by molar-refractivity contribution is 5.85. The van der Waals surface area contributed by atoms with Crippen LogP contribution >= 0.6 is 0 Å². The van der Waals surface area contributed by atoms with Gasteiger partial charge in [-0.05, 0) is 11.3 Å². The number of nitrogens with zero attached hydrogens (tertiary/aromatic N) is 6. The fourth-order valence-electron chi connectivity index (χ4n) is 2.11. The lowest BCUT2D eigenvalue weighted by Crippen LogP contribution is -2.24. The molecule has 27 heavy (non-hydrogen) atoms. The van der Waals surface area contributed by atoms with Gasteiger partial charge in [0.2, 0.25) is 5.82 Å². The lowest BCUT2D eigenvalue weighted by atomic mass is 10.2. The van der Waals surface area contributed by atoms with Crippen LogP contribution in [-0.2, 0) is 11.3 Å². The summed E-state index contributed by atoms with van der Waals surface area (Å²) in [4.78, 5) is 23.1. The second kappa shape index (κ2) is 7.82. The number of nitro benzene ring substituents is 1. The molecule has 136 valence electrons. The van der Waals surface area contributed by atoms with E-state index in [1.165, 1.54) is 6.07 Å². The number of phenols is 1. The lowest BCUT2D eigenvalue weighted by molar-refractivity contribution is -0.384.